The third kappa shape index (κ3) is 4.09. The molecule has 1 heterocycles. The molecule has 3 aromatic rings. The van der Waals surface area contributed by atoms with Crippen LogP contribution in [0.25, 0.3) is 0 Å². The van der Waals surface area contributed by atoms with E-state index in [1.54, 1.807) is 12.1 Å². The molecule has 0 aliphatic heterocycles. The summed E-state index contributed by atoms with van der Waals surface area (Å²) in [4.78, 5) is 4.42. The first-order valence-corrected chi connectivity index (χ1v) is 8.12. The second-order valence-electron chi connectivity index (χ2n) is 6.12. The van der Waals surface area contributed by atoms with Crippen LogP contribution in [-0.2, 0) is 0 Å². The van der Waals surface area contributed by atoms with Gasteiger partial charge in [-0.15, -0.1) is 5.10 Å². The van der Waals surface area contributed by atoms with Crippen molar-refractivity contribution < 1.29 is 4.39 Å². The van der Waals surface area contributed by atoms with Gasteiger partial charge in [-0.3, -0.25) is 0 Å². The van der Waals surface area contributed by atoms with E-state index in [1.165, 1.54) is 23.9 Å². The molecule has 1 aromatic heterocycles. The molecule has 0 spiro atoms. The Hall–Kier alpha value is -3.02. The molecule has 0 fully saturated rings. The summed E-state index contributed by atoms with van der Waals surface area (Å²) < 4.78 is 13.3. The van der Waals surface area contributed by atoms with Crippen molar-refractivity contribution in [1.82, 2.24) is 15.2 Å². The van der Waals surface area contributed by atoms with Gasteiger partial charge < -0.3 is 10.6 Å². The van der Waals surface area contributed by atoms with E-state index in [1.807, 2.05) is 19.1 Å². The fourth-order valence-electron chi connectivity index (χ4n) is 2.58. The maximum absolute atomic E-state index is 13.3. The lowest BCUT2D eigenvalue weighted by molar-refractivity contribution is 0.628. The number of benzene rings is 2. The summed E-state index contributed by atoms with van der Waals surface area (Å²) in [5.41, 5.74) is 3.89. The number of halogens is 1. The number of para-hydroxylation sites is 1. The fourth-order valence-corrected chi connectivity index (χ4v) is 2.58. The van der Waals surface area contributed by atoms with Crippen molar-refractivity contribution in [1.29, 1.82) is 0 Å². The molecular formula is C19H20FN5. The summed E-state index contributed by atoms with van der Waals surface area (Å²) in [6.07, 6.45) is 1.50. The van der Waals surface area contributed by atoms with Crippen LogP contribution in [0.2, 0.25) is 0 Å². The standard InChI is InChI=1S/C19H20FN5/c1-12(2)16-9-4-6-13(3)18(16)24-19-23-17(11-21-25-19)22-15-8-5-7-14(20)10-15/h4-12H,1-3H3,(H2,22,23,24,25). The highest BCUT2D eigenvalue weighted by Crippen LogP contribution is 2.29. The predicted molar refractivity (Wildman–Crippen MR) is 98.1 cm³/mol. The zero-order chi connectivity index (χ0) is 17.8. The molecule has 0 unspecified atom stereocenters. The number of rotatable bonds is 5. The van der Waals surface area contributed by atoms with Crippen LogP contribution in [0.3, 0.4) is 0 Å². The van der Waals surface area contributed by atoms with Crippen LogP contribution in [0.5, 0.6) is 0 Å². The second kappa shape index (κ2) is 7.25. The van der Waals surface area contributed by atoms with Crippen molar-refractivity contribution >= 4 is 23.1 Å². The third-order valence-corrected chi connectivity index (χ3v) is 3.82. The number of aryl methyl sites for hydroxylation is 1. The monoisotopic (exact) mass is 337 g/mol. The highest BCUT2D eigenvalue weighted by Gasteiger charge is 2.11. The average Bonchev–Trinajstić information content (AvgIpc) is 2.57. The van der Waals surface area contributed by atoms with Gasteiger partial charge in [0.05, 0.1) is 6.20 Å². The second-order valence-corrected chi connectivity index (χ2v) is 6.12. The number of anilines is 4. The van der Waals surface area contributed by atoms with Gasteiger partial charge in [0, 0.05) is 11.4 Å². The van der Waals surface area contributed by atoms with Crippen molar-refractivity contribution in [2.45, 2.75) is 26.7 Å². The maximum Gasteiger partial charge on any atom is 0.249 e. The van der Waals surface area contributed by atoms with Crippen molar-refractivity contribution in [2.24, 2.45) is 0 Å². The minimum absolute atomic E-state index is 0.313. The maximum atomic E-state index is 13.3. The zero-order valence-corrected chi connectivity index (χ0v) is 14.4. The third-order valence-electron chi connectivity index (χ3n) is 3.82. The molecule has 128 valence electrons. The Kier molecular flexibility index (Phi) is 4.88. The van der Waals surface area contributed by atoms with E-state index < -0.39 is 0 Å². The summed E-state index contributed by atoms with van der Waals surface area (Å²) in [6, 6.07) is 12.3. The lowest BCUT2D eigenvalue weighted by Gasteiger charge is -2.16. The summed E-state index contributed by atoms with van der Waals surface area (Å²) in [5, 5.41) is 14.3. The van der Waals surface area contributed by atoms with Crippen LogP contribution >= 0.6 is 0 Å². The van der Waals surface area contributed by atoms with E-state index >= 15 is 0 Å². The first-order valence-electron chi connectivity index (χ1n) is 8.12. The quantitative estimate of drug-likeness (QED) is 0.691. The van der Waals surface area contributed by atoms with Crippen LogP contribution < -0.4 is 10.6 Å². The van der Waals surface area contributed by atoms with E-state index in [0.29, 0.717) is 23.4 Å². The average molecular weight is 337 g/mol. The summed E-state index contributed by atoms with van der Waals surface area (Å²) in [7, 11) is 0. The van der Waals surface area contributed by atoms with Gasteiger partial charge in [0.25, 0.3) is 0 Å². The topological polar surface area (TPSA) is 62.7 Å². The number of hydrogen-bond donors (Lipinski definition) is 2. The van der Waals surface area contributed by atoms with E-state index in [4.69, 9.17) is 0 Å². The summed E-state index contributed by atoms with van der Waals surface area (Å²) in [6.45, 7) is 6.32. The number of nitrogens with one attached hydrogen (secondary N) is 2. The van der Waals surface area contributed by atoms with Gasteiger partial charge in [0.2, 0.25) is 5.95 Å². The molecule has 5 nitrogen and oxygen atoms in total. The van der Waals surface area contributed by atoms with Crippen LogP contribution in [0.4, 0.5) is 27.5 Å². The van der Waals surface area contributed by atoms with Gasteiger partial charge in [0.15, 0.2) is 5.82 Å². The van der Waals surface area contributed by atoms with Crippen LogP contribution in [0, 0.1) is 12.7 Å². The lowest BCUT2D eigenvalue weighted by atomic mass is 9.98. The Bertz CT molecular complexity index is 879. The van der Waals surface area contributed by atoms with Crippen LogP contribution in [0.15, 0.2) is 48.7 Å². The van der Waals surface area contributed by atoms with Crippen LogP contribution in [0.1, 0.15) is 30.9 Å². The molecule has 0 radical (unpaired) electrons. The SMILES string of the molecule is Cc1cccc(C(C)C)c1Nc1nncc(Nc2cccc(F)c2)n1. The van der Waals surface area contributed by atoms with Crippen molar-refractivity contribution in [3.63, 3.8) is 0 Å². The molecule has 2 N–H and O–H groups in total. The molecule has 0 saturated carbocycles. The molecule has 0 atom stereocenters. The Morgan fingerprint density at radius 3 is 2.60 bits per heavy atom. The Morgan fingerprint density at radius 2 is 1.84 bits per heavy atom. The van der Waals surface area contributed by atoms with Gasteiger partial charge >= 0.3 is 0 Å². The van der Waals surface area contributed by atoms with Crippen molar-refractivity contribution in [2.75, 3.05) is 10.6 Å². The minimum atomic E-state index is -0.313. The molecule has 0 aliphatic rings. The first kappa shape index (κ1) is 16.8. The van der Waals surface area contributed by atoms with Crippen molar-refractivity contribution in [3.05, 3.63) is 65.6 Å². The number of nitrogens with zero attached hydrogens (tertiary/aromatic N) is 3. The van der Waals surface area contributed by atoms with E-state index in [2.05, 4.69) is 45.7 Å². The normalized spacial score (nSPS) is 10.8. The van der Waals surface area contributed by atoms with E-state index in [-0.39, 0.29) is 5.82 Å². The Morgan fingerprint density at radius 1 is 1.04 bits per heavy atom. The highest BCUT2D eigenvalue weighted by molar-refractivity contribution is 5.65. The van der Waals surface area contributed by atoms with Gasteiger partial charge in [-0.05, 0) is 42.2 Å². The molecule has 25 heavy (non-hydrogen) atoms. The molecule has 0 aliphatic carbocycles. The lowest BCUT2D eigenvalue weighted by Crippen LogP contribution is -2.06. The van der Waals surface area contributed by atoms with Gasteiger partial charge in [-0.25, -0.2) is 4.39 Å². The molecule has 3 rings (SSSR count). The molecule has 2 aromatic carbocycles. The Labute approximate surface area is 146 Å². The van der Waals surface area contributed by atoms with E-state index in [0.717, 1.165) is 11.3 Å². The summed E-state index contributed by atoms with van der Waals surface area (Å²) >= 11 is 0. The van der Waals surface area contributed by atoms with E-state index in [9.17, 15) is 4.39 Å². The number of aromatic nitrogens is 3. The molecule has 6 heteroatoms. The first-order chi connectivity index (χ1) is 12.0. The van der Waals surface area contributed by atoms with Gasteiger partial charge in [-0.2, -0.15) is 10.1 Å². The summed E-state index contributed by atoms with van der Waals surface area (Å²) in [5.74, 6) is 0.927. The van der Waals surface area contributed by atoms with Crippen molar-refractivity contribution in [3.8, 4) is 0 Å². The molecule has 0 saturated heterocycles. The van der Waals surface area contributed by atoms with Gasteiger partial charge in [-0.1, -0.05) is 38.1 Å². The fraction of sp³-hybridized carbons (Fsp3) is 0.211. The molecular weight excluding hydrogens is 317 g/mol. The highest BCUT2D eigenvalue weighted by atomic mass is 19.1. The Balaban J connectivity index is 1.86. The zero-order valence-electron chi connectivity index (χ0n) is 14.4. The number of hydrogen-bond acceptors (Lipinski definition) is 5. The minimum Gasteiger partial charge on any atom is -0.339 e. The van der Waals surface area contributed by atoms with Gasteiger partial charge in [0.1, 0.15) is 5.82 Å². The van der Waals surface area contributed by atoms with Crippen LogP contribution in [-0.4, -0.2) is 15.2 Å². The molecule has 0 bridgehead atoms. The largest absolute Gasteiger partial charge is 0.339 e. The predicted octanol–water partition coefficient (Wildman–Crippen LogP) is 4.93. The molecule has 0 amide bonds. The smallest absolute Gasteiger partial charge is 0.249 e.